The second-order valence-electron chi connectivity index (χ2n) is 6.73. The Morgan fingerprint density at radius 1 is 1.10 bits per heavy atom. The first-order valence-corrected chi connectivity index (χ1v) is 9.12. The number of rotatable bonds is 2. The number of nitrogens with one attached hydrogen (secondary N) is 1. The van der Waals surface area contributed by atoms with Crippen LogP contribution >= 0.6 is 11.6 Å². The van der Waals surface area contributed by atoms with Gasteiger partial charge in [-0.3, -0.25) is 9.67 Å². The van der Waals surface area contributed by atoms with E-state index < -0.39 is 11.7 Å². The molecule has 1 N–H and O–H groups in total. The van der Waals surface area contributed by atoms with Crippen LogP contribution in [0.1, 0.15) is 23.0 Å². The maximum atomic E-state index is 12.9. The molecule has 1 atom stereocenters. The maximum absolute atomic E-state index is 12.9. The van der Waals surface area contributed by atoms with Gasteiger partial charge >= 0.3 is 6.18 Å². The number of hydrogen-bond donors (Lipinski definition) is 1. The van der Waals surface area contributed by atoms with Gasteiger partial charge < -0.3 is 4.74 Å². The summed E-state index contributed by atoms with van der Waals surface area (Å²) in [5, 5.41) is 16.5. The van der Waals surface area contributed by atoms with Crippen molar-refractivity contribution < 1.29 is 17.9 Å². The summed E-state index contributed by atoms with van der Waals surface area (Å²) in [6, 6.07) is 10.3. The first-order valence-electron chi connectivity index (χ1n) is 8.74. The fourth-order valence-electron chi connectivity index (χ4n) is 3.54. The lowest BCUT2D eigenvalue weighted by atomic mass is 10.0. The molecule has 0 amide bonds. The third-order valence-corrected chi connectivity index (χ3v) is 5.26. The minimum atomic E-state index is -4.38. The molecule has 1 aliphatic heterocycles. The fraction of sp³-hybridized carbons (Fsp3) is 0.211. The quantitative estimate of drug-likeness (QED) is 0.515. The average molecular weight is 420 g/mol. The third-order valence-electron chi connectivity index (χ3n) is 4.97. The summed E-state index contributed by atoms with van der Waals surface area (Å²) in [4.78, 5) is 0. The van der Waals surface area contributed by atoms with Crippen molar-refractivity contribution in [1.29, 1.82) is 0 Å². The van der Waals surface area contributed by atoms with Crippen LogP contribution in [-0.4, -0.2) is 31.6 Å². The van der Waals surface area contributed by atoms with Crippen LogP contribution < -0.4 is 0 Å². The molecular formula is C19H13ClF3N5O. The van der Waals surface area contributed by atoms with Gasteiger partial charge in [0.25, 0.3) is 0 Å². The molecule has 148 valence electrons. The van der Waals surface area contributed by atoms with E-state index >= 15 is 0 Å². The summed E-state index contributed by atoms with van der Waals surface area (Å²) in [5.74, 6) is 1.20. The summed E-state index contributed by atoms with van der Waals surface area (Å²) in [6.07, 6.45) is -4.38. The number of aromatic nitrogens is 5. The molecule has 2 aromatic heterocycles. The van der Waals surface area contributed by atoms with Gasteiger partial charge in [-0.05, 0) is 35.9 Å². The lowest BCUT2D eigenvalue weighted by Gasteiger charge is -2.27. The fourth-order valence-corrected chi connectivity index (χ4v) is 3.73. The Balaban J connectivity index is 1.59. The molecule has 29 heavy (non-hydrogen) atoms. The zero-order valence-electron chi connectivity index (χ0n) is 14.7. The number of benzene rings is 2. The van der Waals surface area contributed by atoms with E-state index in [0.717, 1.165) is 28.6 Å². The van der Waals surface area contributed by atoms with E-state index in [0.29, 0.717) is 29.0 Å². The molecule has 10 heteroatoms. The molecule has 0 aliphatic carbocycles. The van der Waals surface area contributed by atoms with E-state index in [2.05, 4.69) is 20.4 Å². The van der Waals surface area contributed by atoms with Crippen molar-refractivity contribution in [2.45, 2.75) is 18.8 Å². The Kier molecular flexibility index (Phi) is 4.11. The molecule has 0 spiro atoms. The number of ether oxygens (including phenoxy) is 1. The Morgan fingerprint density at radius 2 is 1.90 bits per heavy atom. The van der Waals surface area contributed by atoms with Crippen LogP contribution in [0.25, 0.3) is 22.3 Å². The van der Waals surface area contributed by atoms with Crippen molar-refractivity contribution in [1.82, 2.24) is 25.0 Å². The molecule has 1 unspecified atom stereocenters. The largest absolute Gasteiger partial charge is 0.416 e. The van der Waals surface area contributed by atoms with E-state index in [1.165, 1.54) is 12.1 Å². The lowest BCUT2D eigenvalue weighted by Crippen LogP contribution is -2.25. The molecule has 0 radical (unpaired) electrons. The predicted molar refractivity (Wildman–Crippen MR) is 99.4 cm³/mol. The normalized spacial score (nSPS) is 16.9. The van der Waals surface area contributed by atoms with Gasteiger partial charge in [0.15, 0.2) is 11.6 Å². The number of nitrogens with zero attached hydrogens (tertiary/aromatic N) is 4. The van der Waals surface area contributed by atoms with Gasteiger partial charge in [-0.2, -0.15) is 18.3 Å². The molecule has 3 heterocycles. The van der Waals surface area contributed by atoms with Crippen LogP contribution in [0.4, 0.5) is 13.2 Å². The number of H-pyrrole nitrogens is 1. The van der Waals surface area contributed by atoms with Gasteiger partial charge in [0.05, 0.1) is 23.7 Å². The Labute approximate surface area is 167 Å². The highest BCUT2D eigenvalue weighted by molar-refractivity contribution is 6.34. The Morgan fingerprint density at radius 3 is 2.66 bits per heavy atom. The number of alkyl halides is 3. The number of halogens is 4. The number of fused-ring (bicyclic) bond motifs is 2. The van der Waals surface area contributed by atoms with E-state index in [-0.39, 0.29) is 12.6 Å². The standard InChI is InChI=1S/C19H13ClF3N5O/c20-17-13-7-11(3-6-14(13)24-26-17)18-27-25-16-9-29-8-15(28(16)18)10-1-4-12(5-2-10)19(21,22)23/h1-7,15H,8-9H2,(H,24,26). The zero-order valence-corrected chi connectivity index (χ0v) is 15.5. The molecule has 1 aliphatic rings. The zero-order chi connectivity index (χ0) is 20.2. The predicted octanol–water partition coefficient (Wildman–Crippen LogP) is 4.61. The van der Waals surface area contributed by atoms with Crippen molar-refractivity contribution >= 4 is 22.5 Å². The van der Waals surface area contributed by atoms with Crippen LogP contribution in [-0.2, 0) is 17.5 Å². The molecular weight excluding hydrogens is 407 g/mol. The minimum Gasteiger partial charge on any atom is -0.371 e. The third kappa shape index (κ3) is 3.06. The van der Waals surface area contributed by atoms with Gasteiger partial charge in [0, 0.05) is 10.9 Å². The van der Waals surface area contributed by atoms with E-state index in [1.807, 2.05) is 22.8 Å². The molecule has 6 nitrogen and oxygen atoms in total. The second-order valence-corrected chi connectivity index (χ2v) is 7.11. The summed E-state index contributed by atoms with van der Waals surface area (Å²) >= 11 is 6.15. The van der Waals surface area contributed by atoms with Crippen LogP contribution in [0.5, 0.6) is 0 Å². The maximum Gasteiger partial charge on any atom is 0.416 e. The minimum absolute atomic E-state index is 0.277. The molecule has 0 fully saturated rings. The van der Waals surface area contributed by atoms with Gasteiger partial charge in [-0.1, -0.05) is 23.7 Å². The SMILES string of the molecule is FC(F)(F)c1ccc(C2COCc3nnc(-c4ccc5n[nH]c(Cl)c5c4)n32)cc1. The van der Waals surface area contributed by atoms with Crippen molar-refractivity contribution in [3.8, 4) is 11.4 Å². The van der Waals surface area contributed by atoms with Crippen LogP contribution in [0.3, 0.4) is 0 Å². The van der Waals surface area contributed by atoms with Crippen molar-refractivity contribution in [3.05, 3.63) is 64.6 Å². The number of hydrogen-bond acceptors (Lipinski definition) is 4. The van der Waals surface area contributed by atoms with Gasteiger partial charge in [0.2, 0.25) is 0 Å². The van der Waals surface area contributed by atoms with E-state index in [9.17, 15) is 13.2 Å². The number of aromatic amines is 1. The van der Waals surface area contributed by atoms with Gasteiger partial charge in [-0.25, -0.2) is 0 Å². The summed E-state index contributed by atoms with van der Waals surface area (Å²) in [6.45, 7) is 0.580. The topological polar surface area (TPSA) is 68.6 Å². The smallest absolute Gasteiger partial charge is 0.371 e. The second kappa shape index (κ2) is 6.57. The highest BCUT2D eigenvalue weighted by atomic mass is 35.5. The van der Waals surface area contributed by atoms with E-state index in [4.69, 9.17) is 16.3 Å². The molecule has 4 aromatic rings. The van der Waals surface area contributed by atoms with Crippen molar-refractivity contribution in [3.63, 3.8) is 0 Å². The first-order chi connectivity index (χ1) is 13.9. The van der Waals surface area contributed by atoms with Gasteiger partial charge in [0.1, 0.15) is 11.8 Å². The lowest BCUT2D eigenvalue weighted by molar-refractivity contribution is -0.137. The first kappa shape index (κ1) is 18.1. The highest BCUT2D eigenvalue weighted by Gasteiger charge is 2.32. The molecule has 0 saturated heterocycles. The molecule has 5 rings (SSSR count). The summed E-state index contributed by atoms with van der Waals surface area (Å²) < 4.78 is 46.2. The van der Waals surface area contributed by atoms with Crippen molar-refractivity contribution in [2.24, 2.45) is 0 Å². The highest BCUT2D eigenvalue weighted by Crippen LogP contribution is 2.35. The summed E-state index contributed by atoms with van der Waals surface area (Å²) in [5.41, 5.74) is 1.49. The Hall–Kier alpha value is -2.91. The van der Waals surface area contributed by atoms with Gasteiger partial charge in [-0.15, -0.1) is 10.2 Å². The molecule has 0 bridgehead atoms. The van der Waals surface area contributed by atoms with Crippen LogP contribution in [0.15, 0.2) is 42.5 Å². The van der Waals surface area contributed by atoms with Crippen LogP contribution in [0, 0.1) is 0 Å². The monoisotopic (exact) mass is 419 g/mol. The summed E-state index contributed by atoms with van der Waals surface area (Å²) in [7, 11) is 0. The van der Waals surface area contributed by atoms with Crippen molar-refractivity contribution in [2.75, 3.05) is 6.61 Å². The molecule has 0 saturated carbocycles. The van der Waals surface area contributed by atoms with E-state index in [1.54, 1.807) is 0 Å². The van der Waals surface area contributed by atoms with Crippen LogP contribution in [0.2, 0.25) is 5.15 Å². The Bertz CT molecular complexity index is 1200. The average Bonchev–Trinajstić information content (AvgIpc) is 3.31. The molecule has 2 aromatic carbocycles.